The Morgan fingerprint density at radius 1 is 1.69 bits per heavy atom. The molecular weight excluding hydrogens is 210 g/mol. The van der Waals surface area contributed by atoms with Crippen molar-refractivity contribution in [3.05, 3.63) is 11.6 Å². The van der Waals surface area contributed by atoms with Gasteiger partial charge in [0.15, 0.2) is 0 Å². The summed E-state index contributed by atoms with van der Waals surface area (Å²) in [4.78, 5) is 10.5. The molecular formula is C11H19NO4. The van der Waals surface area contributed by atoms with E-state index >= 15 is 0 Å². The molecule has 1 heterocycles. The lowest BCUT2D eigenvalue weighted by Gasteiger charge is -2.25. The lowest BCUT2D eigenvalue weighted by molar-refractivity contribution is -0.132. The third-order valence-electron chi connectivity index (χ3n) is 2.84. The lowest BCUT2D eigenvalue weighted by atomic mass is 10.0. The van der Waals surface area contributed by atoms with Crippen molar-refractivity contribution < 1.29 is 19.4 Å². The van der Waals surface area contributed by atoms with Gasteiger partial charge in [0, 0.05) is 38.8 Å². The number of methoxy groups -OCH3 is 1. The normalized spacial score (nSPS) is 26.0. The second kappa shape index (κ2) is 5.98. The maximum Gasteiger partial charge on any atom is 0.330 e. The first-order chi connectivity index (χ1) is 7.59. The Labute approximate surface area is 95.4 Å². The molecule has 16 heavy (non-hydrogen) atoms. The topological polar surface area (TPSA) is 67.8 Å². The average molecular weight is 229 g/mol. The van der Waals surface area contributed by atoms with Crippen LogP contribution in [0.15, 0.2) is 11.6 Å². The molecule has 0 aromatic heterocycles. The first kappa shape index (κ1) is 13.2. The van der Waals surface area contributed by atoms with E-state index in [1.165, 1.54) is 0 Å². The average Bonchev–Trinajstić information content (AvgIpc) is 2.73. The summed E-state index contributed by atoms with van der Waals surface area (Å²) in [5.74, 6) is -0.882. The van der Waals surface area contributed by atoms with Crippen molar-refractivity contribution in [2.75, 3.05) is 33.4 Å². The van der Waals surface area contributed by atoms with E-state index < -0.39 is 5.97 Å². The summed E-state index contributed by atoms with van der Waals surface area (Å²) in [6.45, 7) is 4.10. The van der Waals surface area contributed by atoms with E-state index in [1.807, 2.05) is 0 Å². The minimum atomic E-state index is -0.882. The number of carboxylic acids is 1. The molecule has 0 aromatic carbocycles. The number of aliphatic carboxylic acids is 1. The second-order valence-corrected chi connectivity index (χ2v) is 4.01. The molecule has 92 valence electrons. The molecule has 1 saturated heterocycles. The number of carboxylic acid groups (broad SMARTS) is 1. The molecule has 1 rings (SSSR count). The highest BCUT2D eigenvalue weighted by molar-refractivity contribution is 5.85. The van der Waals surface area contributed by atoms with Gasteiger partial charge in [-0.3, -0.25) is 0 Å². The number of hydrogen-bond donors (Lipinski definition) is 2. The van der Waals surface area contributed by atoms with E-state index in [9.17, 15) is 4.79 Å². The second-order valence-electron chi connectivity index (χ2n) is 4.01. The van der Waals surface area contributed by atoms with Crippen molar-refractivity contribution >= 4 is 5.97 Å². The van der Waals surface area contributed by atoms with Crippen LogP contribution in [-0.4, -0.2) is 50.1 Å². The van der Waals surface area contributed by atoms with Crippen LogP contribution in [-0.2, 0) is 14.3 Å². The Kier molecular flexibility index (Phi) is 4.92. The van der Waals surface area contributed by atoms with Crippen LogP contribution in [0.5, 0.6) is 0 Å². The van der Waals surface area contributed by atoms with Gasteiger partial charge in [-0.1, -0.05) is 6.08 Å². The van der Waals surface area contributed by atoms with Gasteiger partial charge < -0.3 is 19.9 Å². The van der Waals surface area contributed by atoms with Crippen molar-refractivity contribution in [1.29, 1.82) is 0 Å². The molecule has 1 unspecified atom stereocenters. The van der Waals surface area contributed by atoms with Crippen LogP contribution in [0.2, 0.25) is 0 Å². The summed E-state index contributed by atoms with van der Waals surface area (Å²) in [6, 6.07) is 0. The Bertz CT molecular complexity index is 269. The SMILES string of the molecule is COC1(CNC/C=C(/C)C(=O)O)CCOC1. The maximum absolute atomic E-state index is 10.5. The van der Waals surface area contributed by atoms with Crippen molar-refractivity contribution in [3.63, 3.8) is 0 Å². The number of ether oxygens (including phenoxy) is 2. The largest absolute Gasteiger partial charge is 0.478 e. The molecule has 5 heteroatoms. The number of nitrogens with one attached hydrogen (secondary N) is 1. The van der Waals surface area contributed by atoms with E-state index in [0.29, 0.717) is 25.3 Å². The van der Waals surface area contributed by atoms with E-state index in [0.717, 1.165) is 13.0 Å². The first-order valence-corrected chi connectivity index (χ1v) is 5.33. The molecule has 0 radical (unpaired) electrons. The van der Waals surface area contributed by atoms with Gasteiger partial charge in [0.05, 0.1) is 6.61 Å². The van der Waals surface area contributed by atoms with Gasteiger partial charge in [-0.2, -0.15) is 0 Å². The molecule has 0 bridgehead atoms. The van der Waals surface area contributed by atoms with Gasteiger partial charge in [0.25, 0.3) is 0 Å². The molecule has 0 aliphatic carbocycles. The highest BCUT2D eigenvalue weighted by Crippen LogP contribution is 2.21. The zero-order valence-electron chi connectivity index (χ0n) is 9.78. The van der Waals surface area contributed by atoms with Gasteiger partial charge in [0.2, 0.25) is 0 Å². The van der Waals surface area contributed by atoms with Crippen LogP contribution in [0.4, 0.5) is 0 Å². The fourth-order valence-corrected chi connectivity index (χ4v) is 1.57. The zero-order chi connectivity index (χ0) is 12.0. The highest BCUT2D eigenvalue weighted by Gasteiger charge is 2.34. The Morgan fingerprint density at radius 3 is 2.94 bits per heavy atom. The van der Waals surface area contributed by atoms with Crippen LogP contribution >= 0.6 is 0 Å². The fraction of sp³-hybridized carbons (Fsp3) is 0.727. The predicted molar refractivity (Wildman–Crippen MR) is 59.4 cm³/mol. The van der Waals surface area contributed by atoms with Gasteiger partial charge in [-0.05, 0) is 6.92 Å². The minimum absolute atomic E-state index is 0.245. The smallest absolute Gasteiger partial charge is 0.330 e. The molecule has 1 aliphatic heterocycles. The Morgan fingerprint density at radius 2 is 2.44 bits per heavy atom. The minimum Gasteiger partial charge on any atom is -0.478 e. The quantitative estimate of drug-likeness (QED) is 0.510. The molecule has 0 amide bonds. The molecule has 1 fully saturated rings. The Balaban J connectivity index is 2.29. The van der Waals surface area contributed by atoms with Gasteiger partial charge in [-0.25, -0.2) is 4.79 Å². The van der Waals surface area contributed by atoms with Crippen LogP contribution in [0.1, 0.15) is 13.3 Å². The molecule has 0 spiro atoms. The van der Waals surface area contributed by atoms with Crippen molar-refractivity contribution in [2.45, 2.75) is 18.9 Å². The third kappa shape index (κ3) is 3.59. The molecule has 2 N–H and O–H groups in total. The van der Waals surface area contributed by atoms with E-state index in [2.05, 4.69) is 5.32 Å². The van der Waals surface area contributed by atoms with Gasteiger partial charge >= 0.3 is 5.97 Å². The van der Waals surface area contributed by atoms with Crippen LogP contribution in [0.25, 0.3) is 0 Å². The molecule has 1 aliphatic rings. The van der Waals surface area contributed by atoms with Crippen LogP contribution < -0.4 is 5.32 Å². The summed E-state index contributed by atoms with van der Waals surface area (Å²) in [7, 11) is 1.68. The monoisotopic (exact) mass is 229 g/mol. The number of rotatable bonds is 6. The summed E-state index contributed by atoms with van der Waals surface area (Å²) in [5.41, 5.74) is 0.104. The number of carbonyl (C=O) groups is 1. The molecule has 1 atom stereocenters. The standard InChI is InChI=1S/C11H19NO4/c1-9(10(13)14)3-5-12-7-11(15-2)4-6-16-8-11/h3,12H,4-8H2,1-2H3,(H,13,14)/b9-3-. The van der Waals surface area contributed by atoms with E-state index in [-0.39, 0.29) is 5.60 Å². The van der Waals surface area contributed by atoms with Gasteiger partial charge in [-0.15, -0.1) is 0 Å². The van der Waals surface area contributed by atoms with Crippen LogP contribution in [0.3, 0.4) is 0 Å². The molecule has 0 aromatic rings. The summed E-state index contributed by atoms with van der Waals surface area (Å²) >= 11 is 0. The zero-order valence-corrected chi connectivity index (χ0v) is 9.78. The highest BCUT2D eigenvalue weighted by atomic mass is 16.5. The summed E-state index contributed by atoms with van der Waals surface area (Å²) in [5, 5.41) is 11.8. The van der Waals surface area contributed by atoms with Crippen molar-refractivity contribution in [1.82, 2.24) is 5.32 Å². The fourth-order valence-electron chi connectivity index (χ4n) is 1.57. The van der Waals surface area contributed by atoms with Crippen molar-refractivity contribution in [2.24, 2.45) is 0 Å². The summed E-state index contributed by atoms with van der Waals surface area (Å²) in [6.07, 6.45) is 2.53. The van der Waals surface area contributed by atoms with Crippen LogP contribution in [0, 0.1) is 0 Å². The Hall–Kier alpha value is -0.910. The first-order valence-electron chi connectivity index (χ1n) is 5.33. The van der Waals surface area contributed by atoms with E-state index in [1.54, 1.807) is 20.1 Å². The van der Waals surface area contributed by atoms with Crippen molar-refractivity contribution in [3.8, 4) is 0 Å². The number of hydrogen-bond acceptors (Lipinski definition) is 4. The van der Waals surface area contributed by atoms with E-state index in [4.69, 9.17) is 14.6 Å². The summed E-state index contributed by atoms with van der Waals surface area (Å²) < 4.78 is 10.7. The predicted octanol–water partition coefficient (Wildman–Crippen LogP) is 0.412. The maximum atomic E-state index is 10.5. The van der Waals surface area contributed by atoms with Gasteiger partial charge in [0.1, 0.15) is 5.60 Å². The molecule has 5 nitrogen and oxygen atoms in total. The molecule has 0 saturated carbocycles. The lowest BCUT2D eigenvalue weighted by Crippen LogP contribution is -2.43. The third-order valence-corrected chi connectivity index (χ3v) is 2.84.